The summed E-state index contributed by atoms with van der Waals surface area (Å²) in [7, 11) is 0. The number of rotatable bonds is 4. The van der Waals surface area contributed by atoms with Crippen LogP contribution in [-0.2, 0) is 4.74 Å². The lowest BCUT2D eigenvalue weighted by Crippen LogP contribution is -2.33. The highest BCUT2D eigenvalue weighted by Crippen LogP contribution is 2.22. The summed E-state index contributed by atoms with van der Waals surface area (Å²) in [5.74, 6) is 0.220. The first-order chi connectivity index (χ1) is 8.70. The third kappa shape index (κ3) is 3.21. The van der Waals surface area contributed by atoms with E-state index in [0.717, 1.165) is 19.4 Å². The molecule has 1 amide bonds. The summed E-state index contributed by atoms with van der Waals surface area (Å²) >= 11 is 5.75. The third-order valence-corrected chi connectivity index (χ3v) is 3.43. The topological polar surface area (TPSA) is 51.2 Å². The molecule has 1 saturated heterocycles. The Labute approximate surface area is 112 Å². The summed E-state index contributed by atoms with van der Waals surface area (Å²) in [5, 5.41) is 3.22. The van der Waals surface area contributed by atoms with Crippen molar-refractivity contribution < 1.29 is 9.53 Å². The van der Waals surface area contributed by atoms with Crippen LogP contribution < -0.4 is 5.32 Å². The zero-order chi connectivity index (χ0) is 13.0. The summed E-state index contributed by atoms with van der Waals surface area (Å²) in [6.07, 6.45) is 2.25. The van der Waals surface area contributed by atoms with Gasteiger partial charge in [-0.25, -0.2) is 4.98 Å². The zero-order valence-electron chi connectivity index (χ0n) is 10.4. The van der Waals surface area contributed by atoms with Crippen LogP contribution in [-0.4, -0.2) is 30.1 Å². The molecule has 1 aromatic heterocycles. The molecule has 1 aliphatic heterocycles. The molecule has 1 N–H and O–H groups in total. The summed E-state index contributed by atoms with van der Waals surface area (Å²) in [5.41, 5.74) is 0.356. The number of pyridine rings is 1. The number of hydrogen-bond acceptors (Lipinski definition) is 3. The van der Waals surface area contributed by atoms with Gasteiger partial charge in [0.25, 0.3) is 5.91 Å². The van der Waals surface area contributed by atoms with Crippen LogP contribution in [0.4, 0.5) is 0 Å². The highest BCUT2D eigenvalue weighted by molar-refractivity contribution is 6.29. The Balaban J connectivity index is 1.88. The first-order valence-corrected chi connectivity index (χ1v) is 6.61. The molecule has 2 atom stereocenters. The maximum atomic E-state index is 11.9. The van der Waals surface area contributed by atoms with E-state index < -0.39 is 0 Å². The van der Waals surface area contributed by atoms with Gasteiger partial charge in [-0.15, -0.1) is 0 Å². The van der Waals surface area contributed by atoms with Gasteiger partial charge < -0.3 is 10.1 Å². The summed E-state index contributed by atoms with van der Waals surface area (Å²) in [6, 6.07) is 5.03. The lowest BCUT2D eigenvalue weighted by atomic mass is 10.00. The predicted octanol–water partition coefficient (Wildman–Crippen LogP) is 2.28. The number of hydrogen-bond donors (Lipinski definition) is 1. The number of amides is 1. The minimum atomic E-state index is -0.181. The summed E-state index contributed by atoms with van der Waals surface area (Å²) < 4.78 is 5.58. The average Bonchev–Trinajstić information content (AvgIpc) is 2.83. The van der Waals surface area contributed by atoms with Crippen LogP contribution in [0.3, 0.4) is 0 Å². The minimum absolute atomic E-state index is 0.181. The van der Waals surface area contributed by atoms with Crippen molar-refractivity contribution in [3.63, 3.8) is 0 Å². The van der Waals surface area contributed by atoms with Crippen LogP contribution in [0.25, 0.3) is 0 Å². The highest BCUT2D eigenvalue weighted by atomic mass is 35.5. The predicted molar refractivity (Wildman–Crippen MR) is 69.7 cm³/mol. The number of aromatic nitrogens is 1. The van der Waals surface area contributed by atoms with Gasteiger partial charge in [0.05, 0.1) is 6.10 Å². The fourth-order valence-electron chi connectivity index (χ4n) is 2.23. The highest BCUT2D eigenvalue weighted by Gasteiger charge is 2.27. The number of carbonyl (C=O) groups is 1. The second-order valence-corrected chi connectivity index (χ2v) is 4.81. The monoisotopic (exact) mass is 268 g/mol. The van der Waals surface area contributed by atoms with Gasteiger partial charge in [-0.2, -0.15) is 0 Å². The lowest BCUT2D eigenvalue weighted by molar-refractivity contribution is 0.0825. The number of halogens is 1. The minimum Gasteiger partial charge on any atom is -0.378 e. The van der Waals surface area contributed by atoms with Crippen molar-refractivity contribution in [2.45, 2.75) is 25.9 Å². The Bertz CT molecular complexity index is 425. The van der Waals surface area contributed by atoms with Crippen LogP contribution in [0.5, 0.6) is 0 Å². The van der Waals surface area contributed by atoms with E-state index >= 15 is 0 Å². The SMILES string of the molecule is CCC1OCCC1CNC(=O)c1cccc(Cl)n1. The van der Waals surface area contributed by atoms with Crippen molar-refractivity contribution in [1.29, 1.82) is 0 Å². The molecule has 0 aromatic carbocycles. The largest absolute Gasteiger partial charge is 0.378 e. The fraction of sp³-hybridized carbons (Fsp3) is 0.538. The second-order valence-electron chi connectivity index (χ2n) is 4.42. The van der Waals surface area contributed by atoms with Crippen LogP contribution in [0.1, 0.15) is 30.3 Å². The van der Waals surface area contributed by atoms with E-state index in [0.29, 0.717) is 23.3 Å². The van der Waals surface area contributed by atoms with Crippen molar-refractivity contribution in [3.05, 3.63) is 29.0 Å². The maximum absolute atomic E-state index is 11.9. The van der Waals surface area contributed by atoms with Gasteiger partial charge in [0.15, 0.2) is 0 Å². The molecule has 1 aromatic rings. The van der Waals surface area contributed by atoms with E-state index in [4.69, 9.17) is 16.3 Å². The van der Waals surface area contributed by atoms with Crippen LogP contribution in [0.2, 0.25) is 5.15 Å². The molecular formula is C13H17ClN2O2. The van der Waals surface area contributed by atoms with E-state index in [9.17, 15) is 4.79 Å². The maximum Gasteiger partial charge on any atom is 0.269 e. The second kappa shape index (κ2) is 6.16. The first-order valence-electron chi connectivity index (χ1n) is 6.23. The Morgan fingerprint density at radius 1 is 1.61 bits per heavy atom. The number of nitrogens with zero attached hydrogens (tertiary/aromatic N) is 1. The Morgan fingerprint density at radius 3 is 3.17 bits per heavy atom. The quantitative estimate of drug-likeness (QED) is 0.853. The number of ether oxygens (including phenoxy) is 1. The van der Waals surface area contributed by atoms with Crippen molar-refractivity contribution in [3.8, 4) is 0 Å². The third-order valence-electron chi connectivity index (χ3n) is 3.22. The van der Waals surface area contributed by atoms with Gasteiger partial charge in [-0.1, -0.05) is 24.6 Å². The number of carbonyl (C=O) groups excluding carboxylic acids is 1. The van der Waals surface area contributed by atoms with E-state index in [1.165, 1.54) is 0 Å². The molecule has 1 aliphatic rings. The van der Waals surface area contributed by atoms with E-state index in [2.05, 4.69) is 17.2 Å². The van der Waals surface area contributed by atoms with Crippen molar-refractivity contribution >= 4 is 17.5 Å². The Hall–Kier alpha value is -1.13. The summed E-state index contributed by atoms with van der Waals surface area (Å²) in [4.78, 5) is 15.9. The molecule has 0 radical (unpaired) electrons. The summed E-state index contributed by atoms with van der Waals surface area (Å²) in [6.45, 7) is 3.52. The van der Waals surface area contributed by atoms with E-state index in [-0.39, 0.29) is 12.0 Å². The smallest absolute Gasteiger partial charge is 0.269 e. The number of nitrogens with one attached hydrogen (secondary N) is 1. The molecule has 18 heavy (non-hydrogen) atoms. The molecule has 2 heterocycles. The molecule has 5 heteroatoms. The molecule has 1 fully saturated rings. The van der Waals surface area contributed by atoms with Crippen LogP contribution in [0.15, 0.2) is 18.2 Å². The van der Waals surface area contributed by atoms with Gasteiger partial charge in [0.2, 0.25) is 0 Å². The van der Waals surface area contributed by atoms with Crippen LogP contribution in [0, 0.1) is 5.92 Å². The zero-order valence-corrected chi connectivity index (χ0v) is 11.1. The Morgan fingerprint density at radius 2 is 2.44 bits per heavy atom. The molecule has 2 unspecified atom stereocenters. The Kier molecular flexibility index (Phi) is 4.55. The van der Waals surface area contributed by atoms with Gasteiger partial charge in [0.1, 0.15) is 10.8 Å². The molecule has 98 valence electrons. The molecule has 0 spiro atoms. The molecule has 2 rings (SSSR count). The van der Waals surface area contributed by atoms with Crippen molar-refractivity contribution in [2.24, 2.45) is 5.92 Å². The van der Waals surface area contributed by atoms with Crippen molar-refractivity contribution in [2.75, 3.05) is 13.2 Å². The molecule has 0 aliphatic carbocycles. The fourth-order valence-corrected chi connectivity index (χ4v) is 2.39. The van der Waals surface area contributed by atoms with Gasteiger partial charge in [0, 0.05) is 19.1 Å². The standard InChI is InChI=1S/C13H17ClN2O2/c1-2-11-9(6-7-18-11)8-15-13(17)10-4-3-5-12(14)16-10/h3-5,9,11H,2,6-8H2,1H3,(H,15,17). The molecule has 4 nitrogen and oxygen atoms in total. The first kappa shape index (κ1) is 13.3. The van der Waals surface area contributed by atoms with Gasteiger partial charge >= 0.3 is 0 Å². The normalized spacial score (nSPS) is 23.0. The lowest BCUT2D eigenvalue weighted by Gasteiger charge is -2.17. The van der Waals surface area contributed by atoms with E-state index in [1.807, 2.05) is 0 Å². The van der Waals surface area contributed by atoms with Crippen LogP contribution >= 0.6 is 11.6 Å². The van der Waals surface area contributed by atoms with Crippen molar-refractivity contribution in [1.82, 2.24) is 10.3 Å². The molecular weight excluding hydrogens is 252 g/mol. The average molecular weight is 269 g/mol. The van der Waals surface area contributed by atoms with Gasteiger partial charge in [-0.3, -0.25) is 4.79 Å². The van der Waals surface area contributed by atoms with E-state index in [1.54, 1.807) is 18.2 Å². The molecule has 0 bridgehead atoms. The van der Waals surface area contributed by atoms with Gasteiger partial charge in [-0.05, 0) is 25.0 Å². The molecule has 0 saturated carbocycles.